The van der Waals surface area contributed by atoms with Crippen molar-refractivity contribution in [3.8, 4) is 0 Å². The lowest BCUT2D eigenvalue weighted by molar-refractivity contribution is -0.137. The van der Waals surface area contributed by atoms with Crippen LogP contribution in [0.15, 0.2) is 0 Å². The Morgan fingerprint density at radius 3 is 1.92 bits per heavy atom. The first-order valence-electron chi connectivity index (χ1n) is 4.57. The molecular weight excluding hydrogens is 188 g/mol. The minimum atomic E-state index is -1.21. The smallest absolute Gasteiger partial charge is 0.161 e. The van der Waals surface area contributed by atoms with E-state index in [0.29, 0.717) is 19.3 Å². The highest BCUT2D eigenvalue weighted by Crippen LogP contribution is 2.40. The molecule has 2 nitrogen and oxygen atoms in total. The van der Waals surface area contributed by atoms with Crippen LogP contribution in [0.1, 0.15) is 40.0 Å². The summed E-state index contributed by atoms with van der Waals surface area (Å²) in [6, 6.07) is 0. The fraction of sp³-hybridized carbons (Fsp3) is 0.800. The van der Waals surface area contributed by atoms with Gasteiger partial charge in [-0.2, -0.15) is 0 Å². The summed E-state index contributed by atoms with van der Waals surface area (Å²) >= 11 is 5.99. The Balaban J connectivity index is 2.96. The van der Waals surface area contributed by atoms with Gasteiger partial charge in [0.2, 0.25) is 0 Å². The maximum Gasteiger partial charge on any atom is 0.161 e. The predicted octanol–water partition coefficient (Wildman–Crippen LogP) is 2.33. The van der Waals surface area contributed by atoms with Gasteiger partial charge in [0.25, 0.3) is 0 Å². The van der Waals surface area contributed by atoms with E-state index in [4.69, 9.17) is 11.6 Å². The predicted molar refractivity (Wildman–Crippen MR) is 51.9 cm³/mol. The van der Waals surface area contributed by atoms with Crippen molar-refractivity contribution in [2.45, 2.75) is 44.9 Å². The molecule has 1 fully saturated rings. The van der Waals surface area contributed by atoms with Crippen molar-refractivity contribution >= 4 is 23.2 Å². The third-order valence-electron chi connectivity index (χ3n) is 2.65. The molecule has 0 N–H and O–H groups in total. The zero-order valence-electron chi connectivity index (χ0n) is 8.32. The van der Waals surface area contributed by atoms with Gasteiger partial charge in [-0.3, -0.25) is 9.59 Å². The molecule has 0 radical (unpaired) electrons. The molecule has 0 spiro atoms. The van der Waals surface area contributed by atoms with E-state index in [-0.39, 0.29) is 17.0 Å². The summed E-state index contributed by atoms with van der Waals surface area (Å²) in [7, 11) is 0. The van der Waals surface area contributed by atoms with E-state index in [1.165, 1.54) is 0 Å². The average molecular weight is 203 g/mol. The van der Waals surface area contributed by atoms with Gasteiger partial charge in [-0.25, -0.2) is 0 Å². The molecule has 0 unspecified atom stereocenters. The number of ketones is 2. The van der Waals surface area contributed by atoms with Crippen LogP contribution >= 0.6 is 11.6 Å². The van der Waals surface area contributed by atoms with Crippen molar-refractivity contribution in [1.29, 1.82) is 0 Å². The SMILES string of the molecule is CCC1(Cl)C(=O)CC(C)(C)CC1=O. The number of hydrogen-bond acceptors (Lipinski definition) is 2. The van der Waals surface area contributed by atoms with Crippen LogP contribution in [-0.4, -0.2) is 16.4 Å². The van der Waals surface area contributed by atoms with Gasteiger partial charge < -0.3 is 0 Å². The van der Waals surface area contributed by atoms with Crippen LogP contribution in [0.5, 0.6) is 0 Å². The first-order chi connectivity index (χ1) is 5.82. The van der Waals surface area contributed by atoms with Crippen LogP contribution in [0.3, 0.4) is 0 Å². The van der Waals surface area contributed by atoms with E-state index in [9.17, 15) is 9.59 Å². The van der Waals surface area contributed by atoms with Gasteiger partial charge in [-0.05, 0) is 11.8 Å². The number of halogens is 1. The molecule has 0 bridgehead atoms. The zero-order valence-corrected chi connectivity index (χ0v) is 9.07. The topological polar surface area (TPSA) is 34.1 Å². The lowest BCUT2D eigenvalue weighted by Crippen LogP contribution is -2.48. The number of rotatable bonds is 1. The summed E-state index contributed by atoms with van der Waals surface area (Å²) in [5.41, 5.74) is -0.207. The highest BCUT2D eigenvalue weighted by atomic mass is 35.5. The molecule has 0 heterocycles. The number of carbonyl (C=O) groups excluding carboxylic acids is 2. The van der Waals surface area contributed by atoms with E-state index < -0.39 is 4.87 Å². The Hall–Kier alpha value is -0.370. The molecular formula is C10H15ClO2. The van der Waals surface area contributed by atoms with Crippen LogP contribution in [-0.2, 0) is 9.59 Å². The van der Waals surface area contributed by atoms with Gasteiger partial charge >= 0.3 is 0 Å². The van der Waals surface area contributed by atoms with Gasteiger partial charge in [-0.15, -0.1) is 11.6 Å². The van der Waals surface area contributed by atoms with Crippen molar-refractivity contribution in [3.05, 3.63) is 0 Å². The van der Waals surface area contributed by atoms with Gasteiger partial charge in [0, 0.05) is 12.8 Å². The summed E-state index contributed by atoms with van der Waals surface area (Å²) in [5.74, 6) is -0.226. The molecule has 0 amide bonds. The Morgan fingerprint density at radius 2 is 1.62 bits per heavy atom. The minimum absolute atomic E-state index is 0.113. The molecule has 0 atom stereocenters. The lowest BCUT2D eigenvalue weighted by Gasteiger charge is -2.36. The van der Waals surface area contributed by atoms with Gasteiger partial charge in [-0.1, -0.05) is 20.8 Å². The summed E-state index contributed by atoms with van der Waals surface area (Å²) in [6.07, 6.45) is 1.23. The summed E-state index contributed by atoms with van der Waals surface area (Å²) in [6.45, 7) is 5.63. The fourth-order valence-corrected chi connectivity index (χ4v) is 1.90. The Morgan fingerprint density at radius 1 is 1.23 bits per heavy atom. The van der Waals surface area contributed by atoms with Crippen molar-refractivity contribution < 1.29 is 9.59 Å². The highest BCUT2D eigenvalue weighted by Gasteiger charge is 2.49. The molecule has 0 saturated heterocycles. The normalized spacial score (nSPS) is 26.2. The summed E-state index contributed by atoms with van der Waals surface area (Å²) in [5, 5.41) is 0. The van der Waals surface area contributed by atoms with Crippen molar-refractivity contribution in [1.82, 2.24) is 0 Å². The zero-order chi connectivity index (χ0) is 10.3. The molecule has 0 aromatic heterocycles. The fourth-order valence-electron chi connectivity index (χ4n) is 1.76. The second kappa shape index (κ2) is 3.09. The van der Waals surface area contributed by atoms with Gasteiger partial charge in [0.15, 0.2) is 16.4 Å². The number of hydrogen-bond donors (Lipinski definition) is 0. The van der Waals surface area contributed by atoms with E-state index in [1.807, 2.05) is 13.8 Å². The molecule has 1 aliphatic rings. The van der Waals surface area contributed by atoms with Crippen LogP contribution in [0.4, 0.5) is 0 Å². The van der Waals surface area contributed by atoms with E-state index in [0.717, 1.165) is 0 Å². The molecule has 74 valence electrons. The second-order valence-electron chi connectivity index (χ2n) is 4.52. The standard InChI is InChI=1S/C10H15ClO2/c1-4-10(11)7(12)5-9(2,3)6-8(10)13/h4-6H2,1-3H3. The summed E-state index contributed by atoms with van der Waals surface area (Å²) in [4.78, 5) is 22.0. The third kappa shape index (κ3) is 1.78. The molecule has 3 heteroatoms. The molecule has 1 aliphatic carbocycles. The van der Waals surface area contributed by atoms with E-state index >= 15 is 0 Å². The van der Waals surface area contributed by atoms with Crippen LogP contribution in [0.2, 0.25) is 0 Å². The average Bonchev–Trinajstić information content (AvgIpc) is 1.98. The van der Waals surface area contributed by atoms with Crippen molar-refractivity contribution in [2.75, 3.05) is 0 Å². The Labute approximate surface area is 83.6 Å². The maximum atomic E-state index is 11.6. The van der Waals surface area contributed by atoms with E-state index in [1.54, 1.807) is 6.92 Å². The monoisotopic (exact) mass is 202 g/mol. The van der Waals surface area contributed by atoms with E-state index in [2.05, 4.69) is 0 Å². The second-order valence-corrected chi connectivity index (χ2v) is 5.16. The lowest BCUT2D eigenvalue weighted by atomic mass is 9.70. The molecule has 0 aromatic rings. The van der Waals surface area contributed by atoms with Crippen molar-refractivity contribution in [2.24, 2.45) is 5.41 Å². The van der Waals surface area contributed by atoms with Crippen LogP contribution in [0.25, 0.3) is 0 Å². The molecule has 1 rings (SSSR count). The number of Topliss-reactive ketones (excluding diaryl/α,β-unsaturated/α-hetero) is 2. The van der Waals surface area contributed by atoms with Gasteiger partial charge in [0.1, 0.15) is 0 Å². The van der Waals surface area contributed by atoms with Crippen LogP contribution < -0.4 is 0 Å². The third-order valence-corrected chi connectivity index (χ3v) is 3.34. The first-order valence-corrected chi connectivity index (χ1v) is 4.95. The molecule has 13 heavy (non-hydrogen) atoms. The first kappa shape index (κ1) is 10.7. The van der Waals surface area contributed by atoms with Gasteiger partial charge in [0.05, 0.1) is 0 Å². The maximum absolute atomic E-state index is 11.6. The minimum Gasteiger partial charge on any atom is -0.297 e. The Kier molecular flexibility index (Phi) is 2.54. The molecule has 1 saturated carbocycles. The number of alkyl halides is 1. The Bertz CT molecular complexity index is 236. The summed E-state index contributed by atoms with van der Waals surface area (Å²) < 4.78 is 0. The largest absolute Gasteiger partial charge is 0.297 e. The molecule has 0 aliphatic heterocycles. The van der Waals surface area contributed by atoms with Crippen LogP contribution in [0, 0.1) is 5.41 Å². The quantitative estimate of drug-likeness (QED) is 0.483. The highest BCUT2D eigenvalue weighted by molar-refractivity contribution is 6.47. The van der Waals surface area contributed by atoms with Crippen molar-refractivity contribution in [3.63, 3.8) is 0 Å². The molecule has 0 aromatic carbocycles. The number of carbonyl (C=O) groups is 2.